The molecule has 0 aromatic heterocycles. The Labute approximate surface area is 100 Å². The van der Waals surface area contributed by atoms with E-state index in [2.05, 4.69) is 11.9 Å². The molecule has 0 aliphatic carbocycles. The number of esters is 1. The molecule has 0 spiro atoms. The zero-order valence-corrected chi connectivity index (χ0v) is 10.00. The second kappa shape index (κ2) is 6.03. The molecule has 1 aromatic rings. The van der Waals surface area contributed by atoms with Crippen LogP contribution in [0.3, 0.4) is 0 Å². The topological polar surface area (TPSA) is 38.3 Å². The van der Waals surface area contributed by atoms with Gasteiger partial charge in [-0.05, 0) is 43.7 Å². The first-order chi connectivity index (χ1) is 8.04. The predicted octanol–water partition coefficient (Wildman–Crippen LogP) is 2.75. The van der Waals surface area contributed by atoms with Gasteiger partial charge < -0.3 is 10.1 Å². The standard InChI is InChI=1S/C13H16FNO2/c1-4-17-13(16)12(9(2)3)15-11-7-5-10(14)6-8-11/h5-8,12,15H,2,4H2,1,3H3. The molecular formula is C13H16FNO2. The second-order valence-corrected chi connectivity index (χ2v) is 3.68. The zero-order chi connectivity index (χ0) is 12.8. The van der Waals surface area contributed by atoms with Crippen LogP contribution in [-0.2, 0) is 9.53 Å². The average Bonchev–Trinajstić information content (AvgIpc) is 2.28. The first-order valence-electron chi connectivity index (χ1n) is 5.38. The van der Waals surface area contributed by atoms with Crippen LogP contribution in [-0.4, -0.2) is 18.6 Å². The number of nitrogens with one attached hydrogen (secondary N) is 1. The molecule has 0 fully saturated rings. The summed E-state index contributed by atoms with van der Waals surface area (Å²) in [6.07, 6.45) is 0. The van der Waals surface area contributed by atoms with E-state index in [1.165, 1.54) is 12.1 Å². The lowest BCUT2D eigenvalue weighted by atomic mass is 10.1. The molecule has 0 aliphatic rings. The van der Waals surface area contributed by atoms with E-state index in [0.29, 0.717) is 17.9 Å². The van der Waals surface area contributed by atoms with Crippen molar-refractivity contribution in [2.45, 2.75) is 19.9 Å². The summed E-state index contributed by atoms with van der Waals surface area (Å²) in [6.45, 7) is 7.52. The highest BCUT2D eigenvalue weighted by Gasteiger charge is 2.20. The second-order valence-electron chi connectivity index (χ2n) is 3.68. The van der Waals surface area contributed by atoms with E-state index in [4.69, 9.17) is 4.74 Å². The molecule has 1 atom stereocenters. The monoisotopic (exact) mass is 237 g/mol. The maximum absolute atomic E-state index is 12.7. The predicted molar refractivity (Wildman–Crippen MR) is 65.3 cm³/mol. The van der Waals surface area contributed by atoms with E-state index in [-0.39, 0.29) is 11.8 Å². The fourth-order valence-electron chi connectivity index (χ4n) is 1.32. The van der Waals surface area contributed by atoms with Gasteiger partial charge >= 0.3 is 5.97 Å². The largest absolute Gasteiger partial charge is 0.464 e. The molecule has 1 N–H and O–H groups in total. The summed E-state index contributed by atoms with van der Waals surface area (Å²) in [5, 5.41) is 2.95. The van der Waals surface area contributed by atoms with Crippen LogP contribution < -0.4 is 5.32 Å². The van der Waals surface area contributed by atoms with Gasteiger partial charge in [0.1, 0.15) is 11.9 Å². The lowest BCUT2D eigenvalue weighted by Crippen LogP contribution is -2.32. The van der Waals surface area contributed by atoms with Crippen LogP contribution in [0.15, 0.2) is 36.4 Å². The highest BCUT2D eigenvalue weighted by Crippen LogP contribution is 2.13. The SMILES string of the molecule is C=C(C)C(Nc1ccc(F)cc1)C(=O)OCC. The van der Waals surface area contributed by atoms with E-state index in [9.17, 15) is 9.18 Å². The number of hydrogen-bond acceptors (Lipinski definition) is 3. The first kappa shape index (κ1) is 13.2. The Balaban J connectivity index is 2.76. The van der Waals surface area contributed by atoms with Gasteiger partial charge in [-0.15, -0.1) is 0 Å². The number of rotatable bonds is 5. The summed E-state index contributed by atoms with van der Waals surface area (Å²) in [7, 11) is 0. The Morgan fingerprint density at radius 2 is 2.06 bits per heavy atom. The number of benzene rings is 1. The van der Waals surface area contributed by atoms with Crippen LogP contribution in [0.2, 0.25) is 0 Å². The van der Waals surface area contributed by atoms with Crippen LogP contribution in [0.25, 0.3) is 0 Å². The summed E-state index contributed by atoms with van der Waals surface area (Å²) in [6, 6.07) is 5.15. The third-order valence-corrected chi connectivity index (χ3v) is 2.17. The van der Waals surface area contributed by atoms with E-state index in [1.54, 1.807) is 26.0 Å². The van der Waals surface area contributed by atoms with E-state index in [0.717, 1.165) is 0 Å². The Bertz CT molecular complexity index is 400. The maximum atomic E-state index is 12.7. The van der Waals surface area contributed by atoms with Gasteiger partial charge in [0.15, 0.2) is 0 Å². The molecular weight excluding hydrogens is 221 g/mol. The van der Waals surface area contributed by atoms with Crippen molar-refractivity contribution in [1.29, 1.82) is 0 Å². The quantitative estimate of drug-likeness (QED) is 0.632. The first-order valence-corrected chi connectivity index (χ1v) is 5.38. The molecule has 0 radical (unpaired) electrons. The number of anilines is 1. The molecule has 1 unspecified atom stereocenters. The van der Waals surface area contributed by atoms with Crippen LogP contribution in [0.5, 0.6) is 0 Å². The molecule has 0 saturated heterocycles. The van der Waals surface area contributed by atoms with Crippen molar-refractivity contribution in [3.05, 3.63) is 42.2 Å². The Morgan fingerprint density at radius 1 is 1.47 bits per heavy atom. The number of carbonyl (C=O) groups excluding carboxylic acids is 1. The maximum Gasteiger partial charge on any atom is 0.332 e. The van der Waals surface area contributed by atoms with Crippen LogP contribution in [0.4, 0.5) is 10.1 Å². The summed E-state index contributed by atoms with van der Waals surface area (Å²) >= 11 is 0. The van der Waals surface area contributed by atoms with Gasteiger partial charge in [-0.1, -0.05) is 6.58 Å². The van der Waals surface area contributed by atoms with Gasteiger partial charge in [0.25, 0.3) is 0 Å². The van der Waals surface area contributed by atoms with Crippen molar-refractivity contribution in [3.63, 3.8) is 0 Å². The fraction of sp³-hybridized carbons (Fsp3) is 0.308. The van der Waals surface area contributed by atoms with Crippen molar-refractivity contribution in [1.82, 2.24) is 0 Å². The fourth-order valence-corrected chi connectivity index (χ4v) is 1.32. The average molecular weight is 237 g/mol. The minimum absolute atomic E-state index is 0.313. The Morgan fingerprint density at radius 3 is 2.53 bits per heavy atom. The van der Waals surface area contributed by atoms with E-state index < -0.39 is 6.04 Å². The highest BCUT2D eigenvalue weighted by molar-refractivity contribution is 5.82. The normalized spacial score (nSPS) is 11.7. The molecule has 0 amide bonds. The summed E-state index contributed by atoms with van der Waals surface area (Å²) < 4.78 is 17.6. The molecule has 0 saturated carbocycles. The molecule has 92 valence electrons. The summed E-state index contributed by atoms with van der Waals surface area (Å²) in [5.41, 5.74) is 1.29. The van der Waals surface area contributed by atoms with Crippen LogP contribution >= 0.6 is 0 Å². The number of carbonyl (C=O) groups is 1. The molecule has 0 bridgehead atoms. The van der Waals surface area contributed by atoms with Crippen LogP contribution in [0, 0.1) is 5.82 Å². The number of hydrogen-bond donors (Lipinski definition) is 1. The molecule has 3 nitrogen and oxygen atoms in total. The third-order valence-electron chi connectivity index (χ3n) is 2.17. The van der Waals surface area contributed by atoms with E-state index >= 15 is 0 Å². The van der Waals surface area contributed by atoms with Crippen molar-refractivity contribution in [2.75, 3.05) is 11.9 Å². The Kier molecular flexibility index (Phi) is 4.69. The van der Waals surface area contributed by atoms with Gasteiger partial charge in [-0.25, -0.2) is 9.18 Å². The van der Waals surface area contributed by atoms with Crippen molar-refractivity contribution in [3.8, 4) is 0 Å². The summed E-state index contributed by atoms with van der Waals surface area (Å²) in [4.78, 5) is 11.6. The number of ether oxygens (including phenoxy) is 1. The van der Waals surface area contributed by atoms with E-state index in [1.807, 2.05) is 0 Å². The molecule has 1 aromatic carbocycles. The van der Waals surface area contributed by atoms with Gasteiger partial charge in [0, 0.05) is 5.69 Å². The minimum atomic E-state index is -0.611. The summed E-state index contributed by atoms with van der Waals surface area (Å²) in [5.74, 6) is -0.706. The third kappa shape index (κ3) is 3.90. The van der Waals surface area contributed by atoms with Gasteiger partial charge in [-0.3, -0.25) is 0 Å². The van der Waals surface area contributed by atoms with Gasteiger partial charge in [0.2, 0.25) is 0 Å². The lowest BCUT2D eigenvalue weighted by Gasteiger charge is -2.18. The van der Waals surface area contributed by atoms with Crippen molar-refractivity contribution >= 4 is 11.7 Å². The van der Waals surface area contributed by atoms with Gasteiger partial charge in [0.05, 0.1) is 6.61 Å². The Hall–Kier alpha value is -1.84. The number of halogens is 1. The zero-order valence-electron chi connectivity index (χ0n) is 10.00. The van der Waals surface area contributed by atoms with Crippen molar-refractivity contribution < 1.29 is 13.9 Å². The molecule has 0 aliphatic heterocycles. The lowest BCUT2D eigenvalue weighted by molar-refractivity contribution is -0.143. The highest BCUT2D eigenvalue weighted by atomic mass is 19.1. The van der Waals surface area contributed by atoms with Gasteiger partial charge in [-0.2, -0.15) is 0 Å². The molecule has 4 heteroatoms. The minimum Gasteiger partial charge on any atom is -0.464 e. The van der Waals surface area contributed by atoms with Crippen LogP contribution in [0.1, 0.15) is 13.8 Å². The molecule has 17 heavy (non-hydrogen) atoms. The van der Waals surface area contributed by atoms with Crippen molar-refractivity contribution in [2.24, 2.45) is 0 Å². The smallest absolute Gasteiger partial charge is 0.332 e. The molecule has 0 heterocycles. The molecule has 1 rings (SSSR count).